The molecule has 0 aliphatic rings. The van der Waals surface area contributed by atoms with Gasteiger partial charge in [0.15, 0.2) is 9.84 Å². The molecule has 24 heavy (non-hydrogen) atoms. The van der Waals surface area contributed by atoms with Gasteiger partial charge in [-0.1, -0.05) is 62.3 Å². The zero-order chi connectivity index (χ0) is 17.7. The molecule has 0 aliphatic heterocycles. The number of aryl methyl sites for hydroxylation is 1. The van der Waals surface area contributed by atoms with E-state index >= 15 is 0 Å². The molecule has 0 aromatic heterocycles. The molecule has 0 spiro atoms. The molecule has 0 aliphatic carbocycles. The van der Waals surface area contributed by atoms with Gasteiger partial charge in [-0.15, -0.1) is 6.58 Å². The summed E-state index contributed by atoms with van der Waals surface area (Å²) in [6.07, 6.45) is 10.6. The number of hydrogen-bond donors (Lipinski definition) is 0. The van der Waals surface area contributed by atoms with E-state index in [1.807, 2.05) is 19.1 Å². The summed E-state index contributed by atoms with van der Waals surface area (Å²) in [6, 6.07) is 7.14. The van der Waals surface area contributed by atoms with E-state index in [-0.39, 0.29) is 5.75 Å². The quantitative estimate of drug-likeness (QED) is 0.346. The van der Waals surface area contributed by atoms with Gasteiger partial charge in [-0.3, -0.25) is 0 Å². The summed E-state index contributed by atoms with van der Waals surface area (Å²) in [4.78, 5) is 0.451. The van der Waals surface area contributed by atoms with Crippen molar-refractivity contribution in [1.82, 2.24) is 0 Å². The Hall–Kier alpha value is -1.13. The normalized spacial score (nSPS) is 11.5. The lowest BCUT2D eigenvalue weighted by Gasteiger charge is -2.05. The molecule has 136 valence electrons. The topological polar surface area (TPSA) is 43.4 Å². The number of benzene rings is 1. The number of unbranched alkanes of at least 4 members (excludes halogenated alkanes) is 7. The zero-order valence-corrected chi connectivity index (χ0v) is 15.8. The van der Waals surface area contributed by atoms with Crippen molar-refractivity contribution in [2.75, 3.05) is 19.0 Å². The van der Waals surface area contributed by atoms with Crippen LogP contribution in [0.15, 0.2) is 41.8 Å². The summed E-state index contributed by atoms with van der Waals surface area (Å²) in [5, 5.41) is 0. The smallest absolute Gasteiger partial charge is 0.178 e. The van der Waals surface area contributed by atoms with Crippen LogP contribution >= 0.6 is 0 Å². The van der Waals surface area contributed by atoms with Gasteiger partial charge >= 0.3 is 0 Å². The summed E-state index contributed by atoms with van der Waals surface area (Å²) in [5.74, 6) is 0.261. The first-order valence-corrected chi connectivity index (χ1v) is 10.7. The highest BCUT2D eigenvalue weighted by molar-refractivity contribution is 7.91. The summed E-state index contributed by atoms with van der Waals surface area (Å²) >= 11 is 0. The Morgan fingerprint density at radius 3 is 2.04 bits per heavy atom. The van der Waals surface area contributed by atoms with Crippen molar-refractivity contribution in [3.8, 4) is 0 Å². The highest BCUT2D eigenvalue weighted by Gasteiger charge is 2.13. The van der Waals surface area contributed by atoms with E-state index in [2.05, 4.69) is 6.58 Å². The van der Waals surface area contributed by atoms with Gasteiger partial charge in [0.05, 0.1) is 17.3 Å². The second kappa shape index (κ2) is 12.3. The number of rotatable bonds is 14. The van der Waals surface area contributed by atoms with Crippen LogP contribution in [0, 0.1) is 6.92 Å². The van der Waals surface area contributed by atoms with Gasteiger partial charge in [0.2, 0.25) is 0 Å². The van der Waals surface area contributed by atoms with E-state index in [9.17, 15) is 8.42 Å². The Morgan fingerprint density at radius 2 is 1.46 bits per heavy atom. The molecule has 0 saturated heterocycles. The molecule has 0 unspecified atom stereocenters. The van der Waals surface area contributed by atoms with Crippen molar-refractivity contribution < 1.29 is 13.2 Å². The molecule has 0 saturated carbocycles. The van der Waals surface area contributed by atoms with Crippen molar-refractivity contribution in [2.24, 2.45) is 0 Å². The summed E-state index contributed by atoms with van der Waals surface area (Å²) in [5.41, 5.74) is 1.08. The molecule has 0 radical (unpaired) electrons. The number of ether oxygens (including phenoxy) is 1. The van der Waals surface area contributed by atoms with Crippen LogP contribution in [0.5, 0.6) is 0 Å². The monoisotopic (exact) mass is 352 g/mol. The van der Waals surface area contributed by atoms with E-state index in [4.69, 9.17) is 4.74 Å². The van der Waals surface area contributed by atoms with Gasteiger partial charge in [0, 0.05) is 6.61 Å². The van der Waals surface area contributed by atoms with Crippen molar-refractivity contribution in [3.63, 3.8) is 0 Å². The lowest BCUT2D eigenvalue weighted by molar-refractivity contribution is 0.157. The lowest BCUT2D eigenvalue weighted by atomic mass is 10.1. The van der Waals surface area contributed by atoms with Crippen molar-refractivity contribution in [3.05, 3.63) is 42.5 Å². The van der Waals surface area contributed by atoms with Crippen LogP contribution in [0.3, 0.4) is 0 Å². The van der Waals surface area contributed by atoms with E-state index < -0.39 is 9.84 Å². The Labute approximate surface area is 148 Å². The zero-order valence-electron chi connectivity index (χ0n) is 15.0. The van der Waals surface area contributed by atoms with E-state index in [1.165, 1.54) is 25.7 Å². The highest BCUT2D eigenvalue weighted by atomic mass is 32.2. The van der Waals surface area contributed by atoms with Crippen molar-refractivity contribution in [2.45, 2.75) is 63.2 Å². The molecule has 1 rings (SSSR count). The fraction of sp³-hybridized carbons (Fsp3) is 0.600. The van der Waals surface area contributed by atoms with E-state index in [1.54, 1.807) is 18.2 Å². The number of hydrogen-bond acceptors (Lipinski definition) is 3. The molecule has 1 aromatic rings. The first-order valence-electron chi connectivity index (χ1n) is 9.04. The van der Waals surface area contributed by atoms with Crippen LogP contribution in [0.2, 0.25) is 0 Å². The molecular weight excluding hydrogens is 320 g/mol. The number of sulfone groups is 1. The Bertz CT molecular complexity index is 547. The molecule has 0 heterocycles. The first kappa shape index (κ1) is 20.9. The average molecular weight is 353 g/mol. The molecule has 3 nitrogen and oxygen atoms in total. The van der Waals surface area contributed by atoms with E-state index in [0.717, 1.165) is 37.9 Å². The van der Waals surface area contributed by atoms with Crippen LogP contribution in [0.1, 0.15) is 56.9 Å². The largest absolute Gasteiger partial charge is 0.377 e. The van der Waals surface area contributed by atoms with Crippen LogP contribution < -0.4 is 0 Å². The van der Waals surface area contributed by atoms with Gasteiger partial charge in [-0.2, -0.15) is 0 Å². The maximum absolute atomic E-state index is 12.2. The minimum Gasteiger partial charge on any atom is -0.377 e. The van der Waals surface area contributed by atoms with Crippen molar-refractivity contribution >= 4 is 9.84 Å². The fourth-order valence-electron chi connectivity index (χ4n) is 2.59. The predicted molar refractivity (Wildman–Crippen MR) is 101 cm³/mol. The molecule has 0 atom stereocenters. The third-order valence-electron chi connectivity index (χ3n) is 4.07. The molecule has 4 heteroatoms. The SMILES string of the molecule is C=CCOCCCCCCCCCCS(=O)(=O)c1ccc(C)cc1. The molecule has 0 bridgehead atoms. The van der Waals surface area contributed by atoms with Gasteiger partial charge in [0.1, 0.15) is 0 Å². The lowest BCUT2D eigenvalue weighted by Crippen LogP contribution is -2.06. The molecule has 0 fully saturated rings. The molecule has 0 amide bonds. The summed E-state index contributed by atoms with van der Waals surface area (Å²) in [7, 11) is -3.11. The second-order valence-electron chi connectivity index (χ2n) is 6.32. The first-order chi connectivity index (χ1) is 11.6. The minimum absolute atomic E-state index is 0.261. The Balaban J connectivity index is 2.02. The summed E-state index contributed by atoms with van der Waals surface area (Å²) < 4.78 is 29.8. The summed E-state index contributed by atoms with van der Waals surface area (Å²) in [6.45, 7) is 7.05. The third-order valence-corrected chi connectivity index (χ3v) is 5.88. The third kappa shape index (κ3) is 9.24. The molecular formula is C20H32O3S. The maximum atomic E-state index is 12.2. The van der Waals surface area contributed by atoms with Crippen LogP contribution in [0.4, 0.5) is 0 Å². The minimum atomic E-state index is -3.11. The predicted octanol–water partition coefficient (Wildman–Crippen LogP) is 5.09. The van der Waals surface area contributed by atoms with Gasteiger partial charge in [-0.05, 0) is 31.9 Å². The van der Waals surface area contributed by atoms with Gasteiger partial charge < -0.3 is 4.74 Å². The van der Waals surface area contributed by atoms with Gasteiger partial charge in [-0.25, -0.2) is 8.42 Å². The van der Waals surface area contributed by atoms with Gasteiger partial charge in [0.25, 0.3) is 0 Å². The van der Waals surface area contributed by atoms with Crippen molar-refractivity contribution in [1.29, 1.82) is 0 Å². The van der Waals surface area contributed by atoms with Crippen LogP contribution in [-0.2, 0) is 14.6 Å². The fourth-order valence-corrected chi connectivity index (χ4v) is 3.96. The maximum Gasteiger partial charge on any atom is 0.178 e. The Kier molecular flexibility index (Phi) is 10.7. The van der Waals surface area contributed by atoms with Crippen LogP contribution in [0.25, 0.3) is 0 Å². The Morgan fingerprint density at radius 1 is 0.917 bits per heavy atom. The molecule has 1 aromatic carbocycles. The molecule has 0 N–H and O–H groups in total. The standard InChI is InChI=1S/C20H32O3S/c1-3-16-23-17-10-8-6-4-5-7-9-11-18-24(21,22)20-14-12-19(2)13-15-20/h3,12-15H,1,4-11,16-18H2,2H3. The van der Waals surface area contributed by atoms with E-state index in [0.29, 0.717) is 11.5 Å². The second-order valence-corrected chi connectivity index (χ2v) is 8.43. The highest BCUT2D eigenvalue weighted by Crippen LogP contribution is 2.15. The average Bonchev–Trinajstić information content (AvgIpc) is 2.56. The van der Waals surface area contributed by atoms with Crippen LogP contribution in [-0.4, -0.2) is 27.4 Å².